The van der Waals surface area contributed by atoms with Gasteiger partial charge in [0.25, 0.3) is 0 Å². The fourth-order valence-electron chi connectivity index (χ4n) is 4.79. The number of methoxy groups -OCH3 is 1. The third kappa shape index (κ3) is 5.17. The first-order chi connectivity index (χ1) is 19.3. The van der Waals surface area contributed by atoms with E-state index in [2.05, 4.69) is 15.6 Å². The lowest BCUT2D eigenvalue weighted by Gasteiger charge is -2.29. The highest BCUT2D eigenvalue weighted by Gasteiger charge is 2.42. The van der Waals surface area contributed by atoms with Crippen LogP contribution in [0.4, 0.5) is 11.4 Å². The fourth-order valence-corrected chi connectivity index (χ4v) is 5.35. The van der Waals surface area contributed by atoms with E-state index in [0.717, 1.165) is 17.1 Å². The van der Waals surface area contributed by atoms with Crippen molar-refractivity contribution in [2.24, 2.45) is 5.92 Å². The van der Waals surface area contributed by atoms with Gasteiger partial charge in [-0.05, 0) is 66.8 Å². The average Bonchev–Trinajstić information content (AvgIpc) is 3.58. The summed E-state index contributed by atoms with van der Waals surface area (Å²) in [6.07, 6.45) is 3.65. The van der Waals surface area contributed by atoms with E-state index in [1.807, 2.05) is 78.0 Å². The summed E-state index contributed by atoms with van der Waals surface area (Å²) in [6.45, 7) is 3.64. The number of thiocarbonyl (C=S) groups is 1. The smallest absolute Gasteiger partial charge is 0.339 e. The van der Waals surface area contributed by atoms with E-state index in [9.17, 15) is 9.59 Å². The lowest BCUT2D eigenvalue weighted by molar-refractivity contribution is -0.118. The van der Waals surface area contributed by atoms with Crippen LogP contribution in [-0.4, -0.2) is 33.6 Å². The summed E-state index contributed by atoms with van der Waals surface area (Å²) in [5.41, 5.74) is 4.05. The normalized spacial score (nSPS) is 16.6. The van der Waals surface area contributed by atoms with Crippen LogP contribution >= 0.6 is 23.8 Å². The van der Waals surface area contributed by atoms with Crippen LogP contribution in [0.3, 0.4) is 0 Å². The zero-order valence-electron chi connectivity index (χ0n) is 22.2. The third-order valence-corrected chi connectivity index (χ3v) is 7.39. The minimum Gasteiger partial charge on any atom is -0.465 e. The summed E-state index contributed by atoms with van der Waals surface area (Å²) >= 11 is 12.5. The number of hydrogen-bond donors (Lipinski definition) is 2. The fraction of sp³-hybridized carbons (Fsp3) is 0.200. The number of rotatable bonds is 7. The number of pyridine rings is 1. The molecule has 8 nitrogen and oxygen atoms in total. The van der Waals surface area contributed by atoms with E-state index >= 15 is 0 Å². The van der Waals surface area contributed by atoms with Gasteiger partial charge in [-0.25, -0.2) is 4.79 Å². The van der Waals surface area contributed by atoms with Crippen LogP contribution in [0.2, 0.25) is 5.02 Å². The van der Waals surface area contributed by atoms with Gasteiger partial charge in [0.05, 0.1) is 40.8 Å². The van der Waals surface area contributed by atoms with Crippen molar-refractivity contribution in [1.29, 1.82) is 0 Å². The molecule has 2 aromatic carbocycles. The highest BCUT2D eigenvalue weighted by Crippen LogP contribution is 2.43. The molecule has 40 heavy (non-hydrogen) atoms. The predicted molar refractivity (Wildman–Crippen MR) is 160 cm³/mol. The molecule has 0 radical (unpaired) electrons. The Bertz CT molecular complexity index is 1570. The summed E-state index contributed by atoms with van der Waals surface area (Å²) in [5.74, 6) is -0.738. The molecule has 1 saturated heterocycles. The van der Waals surface area contributed by atoms with Crippen LogP contribution in [-0.2, 0) is 9.53 Å². The zero-order valence-corrected chi connectivity index (χ0v) is 23.7. The van der Waals surface area contributed by atoms with Crippen molar-refractivity contribution in [3.8, 4) is 5.69 Å². The summed E-state index contributed by atoms with van der Waals surface area (Å²) < 4.78 is 7.02. The van der Waals surface area contributed by atoms with Crippen molar-refractivity contribution in [3.05, 3.63) is 107 Å². The number of carbonyl (C=O) groups is 2. The van der Waals surface area contributed by atoms with Gasteiger partial charge in [0.1, 0.15) is 6.04 Å². The average molecular weight is 574 g/mol. The summed E-state index contributed by atoms with van der Waals surface area (Å²) in [4.78, 5) is 31.5. The van der Waals surface area contributed by atoms with Gasteiger partial charge in [0, 0.05) is 29.7 Å². The molecule has 204 valence electrons. The summed E-state index contributed by atoms with van der Waals surface area (Å²) in [6, 6.07) is 21.7. The molecule has 0 saturated carbocycles. The topological polar surface area (TPSA) is 88.5 Å². The monoisotopic (exact) mass is 573 g/mol. The minimum atomic E-state index is -0.431. The largest absolute Gasteiger partial charge is 0.465 e. The second-order valence-corrected chi connectivity index (χ2v) is 10.4. The van der Waals surface area contributed by atoms with Gasteiger partial charge in [-0.2, -0.15) is 0 Å². The molecule has 0 spiro atoms. The SMILES string of the molecule is COC(=O)c1ccccc1-n1cccc1[C@@H]1[C@H](c2ccccn2)NC(=S)N1c1ccc(NC(=O)C(C)C)c(Cl)c1. The van der Waals surface area contributed by atoms with E-state index in [1.54, 1.807) is 30.5 Å². The first-order valence-electron chi connectivity index (χ1n) is 12.8. The van der Waals surface area contributed by atoms with Crippen LogP contribution in [0.5, 0.6) is 0 Å². The van der Waals surface area contributed by atoms with Crippen LogP contribution in [0.15, 0.2) is 85.2 Å². The number of esters is 1. The maximum Gasteiger partial charge on any atom is 0.339 e. The second-order valence-electron chi connectivity index (χ2n) is 9.62. The van der Waals surface area contributed by atoms with Gasteiger partial charge in [-0.15, -0.1) is 0 Å². The molecule has 0 unspecified atom stereocenters. The van der Waals surface area contributed by atoms with Gasteiger partial charge >= 0.3 is 5.97 Å². The quantitative estimate of drug-likeness (QED) is 0.204. The highest BCUT2D eigenvalue weighted by molar-refractivity contribution is 7.80. The maximum atomic E-state index is 12.6. The maximum absolute atomic E-state index is 12.6. The van der Waals surface area contributed by atoms with Crippen molar-refractivity contribution in [2.45, 2.75) is 25.9 Å². The number of anilines is 2. The van der Waals surface area contributed by atoms with Crippen molar-refractivity contribution in [3.63, 3.8) is 0 Å². The molecular weight excluding hydrogens is 546 g/mol. The molecule has 1 fully saturated rings. The Labute approximate surface area is 242 Å². The Morgan fingerprint density at radius 1 is 1.07 bits per heavy atom. The number of para-hydroxylation sites is 1. The Balaban J connectivity index is 1.63. The Morgan fingerprint density at radius 2 is 1.85 bits per heavy atom. The number of halogens is 1. The minimum absolute atomic E-state index is 0.122. The van der Waals surface area contributed by atoms with E-state index in [-0.39, 0.29) is 23.9 Å². The van der Waals surface area contributed by atoms with Crippen LogP contribution in [0.1, 0.15) is 47.7 Å². The van der Waals surface area contributed by atoms with Gasteiger partial charge < -0.3 is 24.8 Å². The molecule has 0 bridgehead atoms. The van der Waals surface area contributed by atoms with Crippen molar-refractivity contribution < 1.29 is 14.3 Å². The first-order valence-corrected chi connectivity index (χ1v) is 13.5. The van der Waals surface area contributed by atoms with Crippen LogP contribution in [0.25, 0.3) is 5.69 Å². The van der Waals surface area contributed by atoms with Crippen LogP contribution in [0, 0.1) is 5.92 Å². The van der Waals surface area contributed by atoms with Gasteiger partial charge in [-0.1, -0.05) is 43.6 Å². The van der Waals surface area contributed by atoms with E-state index in [0.29, 0.717) is 27.1 Å². The molecule has 2 atom stereocenters. The molecule has 10 heteroatoms. The molecule has 1 amide bonds. The number of nitrogens with one attached hydrogen (secondary N) is 2. The first kappa shape index (κ1) is 27.4. The molecule has 1 aliphatic heterocycles. The number of nitrogens with zero attached hydrogens (tertiary/aromatic N) is 3. The van der Waals surface area contributed by atoms with Crippen molar-refractivity contribution in [2.75, 3.05) is 17.3 Å². The number of ether oxygens (including phenoxy) is 1. The Hall–Kier alpha value is -4.21. The van der Waals surface area contributed by atoms with E-state index < -0.39 is 5.97 Å². The molecule has 0 aliphatic carbocycles. The van der Waals surface area contributed by atoms with Crippen molar-refractivity contribution >= 4 is 52.2 Å². The molecule has 5 rings (SSSR count). The summed E-state index contributed by atoms with van der Waals surface area (Å²) in [5, 5.41) is 7.19. The lowest BCUT2D eigenvalue weighted by Crippen LogP contribution is -2.30. The molecule has 1 aliphatic rings. The van der Waals surface area contributed by atoms with E-state index in [1.165, 1.54) is 7.11 Å². The zero-order chi connectivity index (χ0) is 28.4. The second kappa shape index (κ2) is 11.5. The van der Waals surface area contributed by atoms with Gasteiger partial charge in [0.2, 0.25) is 5.91 Å². The number of amides is 1. The molecule has 4 aromatic rings. The number of benzene rings is 2. The van der Waals surface area contributed by atoms with Gasteiger partial charge in [-0.3, -0.25) is 9.78 Å². The molecular formula is C30H28ClN5O3S. The standard InChI is InChI=1S/C30H28ClN5O3S/c1-18(2)28(37)33-22-14-13-19(17-21(22)31)36-27(26(34-30(36)40)23-10-6-7-15-32-23)25-12-8-16-35(25)24-11-5-4-9-20(24)29(38)39-3/h4-18,26-27H,1-3H3,(H,33,37)(H,34,40)/t26-,27+/m0/s1. The Kier molecular flexibility index (Phi) is 7.86. The van der Waals surface area contributed by atoms with E-state index in [4.69, 9.17) is 28.6 Å². The molecule has 2 N–H and O–H groups in total. The summed E-state index contributed by atoms with van der Waals surface area (Å²) in [7, 11) is 1.37. The number of aromatic nitrogens is 2. The van der Waals surface area contributed by atoms with Crippen molar-refractivity contribution in [1.82, 2.24) is 14.9 Å². The Morgan fingerprint density at radius 3 is 2.55 bits per heavy atom. The lowest BCUT2D eigenvalue weighted by atomic mass is 10.0. The molecule has 3 heterocycles. The highest BCUT2D eigenvalue weighted by atomic mass is 35.5. The molecule has 2 aromatic heterocycles. The predicted octanol–water partition coefficient (Wildman–Crippen LogP) is 6.08. The van der Waals surface area contributed by atoms with Gasteiger partial charge in [0.15, 0.2) is 5.11 Å². The van der Waals surface area contributed by atoms with Crippen LogP contribution < -0.4 is 15.5 Å². The third-order valence-electron chi connectivity index (χ3n) is 6.76. The number of hydrogen-bond acceptors (Lipinski definition) is 5. The number of carbonyl (C=O) groups excluding carboxylic acids is 2.